The second kappa shape index (κ2) is 6.50. The molecule has 92 valence electrons. The number of hydrogen-bond donors (Lipinski definition) is 1. The van der Waals surface area contributed by atoms with Gasteiger partial charge in [-0.05, 0) is 18.8 Å². The molecule has 1 heterocycles. The van der Waals surface area contributed by atoms with Crippen molar-refractivity contribution in [2.45, 2.75) is 38.1 Å². The van der Waals surface area contributed by atoms with Crippen molar-refractivity contribution in [2.75, 3.05) is 24.7 Å². The zero-order chi connectivity index (χ0) is 11.2. The number of thioether (sulfide) groups is 1. The van der Waals surface area contributed by atoms with Gasteiger partial charge in [0.2, 0.25) is 5.91 Å². The van der Waals surface area contributed by atoms with Crippen LogP contribution in [0.1, 0.15) is 32.1 Å². The molecule has 4 heteroatoms. The van der Waals surface area contributed by atoms with Gasteiger partial charge in [-0.2, -0.15) is 0 Å². The predicted octanol–water partition coefficient (Wildman–Crippen LogP) is 1.81. The van der Waals surface area contributed by atoms with Crippen LogP contribution in [-0.4, -0.2) is 36.7 Å². The van der Waals surface area contributed by atoms with E-state index in [0.717, 1.165) is 18.3 Å². The molecule has 1 aliphatic carbocycles. The fourth-order valence-electron chi connectivity index (χ4n) is 2.43. The number of carbonyl (C=O) groups is 1. The maximum atomic E-state index is 11.2. The van der Waals surface area contributed by atoms with Crippen molar-refractivity contribution < 1.29 is 9.53 Å². The van der Waals surface area contributed by atoms with Crippen molar-refractivity contribution in [2.24, 2.45) is 5.92 Å². The molecule has 16 heavy (non-hydrogen) atoms. The summed E-state index contributed by atoms with van der Waals surface area (Å²) in [5.41, 5.74) is 0. The quantitative estimate of drug-likeness (QED) is 0.818. The highest BCUT2D eigenvalue weighted by atomic mass is 32.2. The van der Waals surface area contributed by atoms with E-state index in [0.29, 0.717) is 12.4 Å². The van der Waals surface area contributed by atoms with Crippen LogP contribution in [0.4, 0.5) is 0 Å². The van der Waals surface area contributed by atoms with Crippen LogP contribution in [0.15, 0.2) is 0 Å². The van der Waals surface area contributed by atoms with Gasteiger partial charge in [-0.3, -0.25) is 4.79 Å². The smallest absolute Gasteiger partial charge is 0.230 e. The third kappa shape index (κ3) is 3.98. The number of hydrogen-bond acceptors (Lipinski definition) is 3. The summed E-state index contributed by atoms with van der Waals surface area (Å²) >= 11 is 1.71. The summed E-state index contributed by atoms with van der Waals surface area (Å²) in [5, 5.41) is 2.97. The molecule has 1 saturated carbocycles. The number of rotatable bonds is 4. The second-order valence-electron chi connectivity index (χ2n) is 4.82. The molecule has 0 bridgehead atoms. The monoisotopic (exact) mass is 243 g/mol. The first-order valence-electron chi connectivity index (χ1n) is 6.29. The molecular weight excluding hydrogens is 222 g/mol. The Morgan fingerprint density at radius 3 is 2.81 bits per heavy atom. The van der Waals surface area contributed by atoms with Crippen molar-refractivity contribution in [1.82, 2.24) is 5.32 Å². The first-order chi connectivity index (χ1) is 7.84. The van der Waals surface area contributed by atoms with Gasteiger partial charge in [0.1, 0.15) is 0 Å². The van der Waals surface area contributed by atoms with Crippen molar-refractivity contribution in [3.05, 3.63) is 0 Å². The lowest BCUT2D eigenvalue weighted by Gasteiger charge is -2.25. The fourth-order valence-corrected chi connectivity index (χ4v) is 3.28. The van der Waals surface area contributed by atoms with Gasteiger partial charge >= 0.3 is 0 Å². The van der Waals surface area contributed by atoms with Gasteiger partial charge in [0.25, 0.3) is 0 Å². The van der Waals surface area contributed by atoms with E-state index < -0.39 is 0 Å². The molecule has 3 nitrogen and oxygen atoms in total. The van der Waals surface area contributed by atoms with Crippen LogP contribution >= 0.6 is 11.8 Å². The SMILES string of the molecule is O=C1CSCC(COCC2CCCCC2)N1. The maximum absolute atomic E-state index is 11.2. The van der Waals surface area contributed by atoms with E-state index in [2.05, 4.69) is 5.32 Å². The zero-order valence-corrected chi connectivity index (χ0v) is 10.6. The normalized spacial score (nSPS) is 27.8. The summed E-state index contributed by atoms with van der Waals surface area (Å²) in [6.45, 7) is 1.58. The van der Waals surface area contributed by atoms with E-state index in [-0.39, 0.29) is 11.9 Å². The standard InChI is InChI=1S/C12H21NO2S/c14-12-9-16-8-11(13-12)7-15-6-10-4-2-1-3-5-10/h10-11H,1-9H2,(H,13,14). The molecule has 0 aromatic rings. The molecule has 2 aliphatic rings. The van der Waals surface area contributed by atoms with Crippen molar-refractivity contribution in [1.29, 1.82) is 0 Å². The molecule has 1 N–H and O–H groups in total. The van der Waals surface area contributed by atoms with E-state index >= 15 is 0 Å². The van der Waals surface area contributed by atoms with Crippen LogP contribution in [-0.2, 0) is 9.53 Å². The molecule has 0 aromatic carbocycles. The van der Waals surface area contributed by atoms with Crippen LogP contribution in [0.3, 0.4) is 0 Å². The van der Waals surface area contributed by atoms with Crippen molar-refractivity contribution in [3.63, 3.8) is 0 Å². The molecule has 0 aromatic heterocycles. The first kappa shape index (κ1) is 12.2. The Morgan fingerprint density at radius 1 is 1.25 bits per heavy atom. The minimum Gasteiger partial charge on any atom is -0.379 e. The van der Waals surface area contributed by atoms with Gasteiger partial charge in [0, 0.05) is 12.4 Å². The lowest BCUT2D eigenvalue weighted by atomic mass is 9.90. The molecular formula is C12H21NO2S. The Kier molecular flexibility index (Phi) is 4.97. The van der Waals surface area contributed by atoms with Crippen LogP contribution in [0.5, 0.6) is 0 Å². The number of carbonyl (C=O) groups excluding carboxylic acids is 1. The third-order valence-corrected chi connectivity index (χ3v) is 4.42. The Bertz CT molecular complexity index is 229. The molecule has 1 amide bonds. The van der Waals surface area contributed by atoms with Crippen LogP contribution in [0.2, 0.25) is 0 Å². The van der Waals surface area contributed by atoms with E-state index in [1.807, 2.05) is 0 Å². The zero-order valence-electron chi connectivity index (χ0n) is 9.74. The molecule has 1 saturated heterocycles. The second-order valence-corrected chi connectivity index (χ2v) is 5.85. The summed E-state index contributed by atoms with van der Waals surface area (Å²) in [4.78, 5) is 11.2. The largest absolute Gasteiger partial charge is 0.379 e. The van der Waals surface area contributed by atoms with E-state index in [9.17, 15) is 4.79 Å². The average Bonchev–Trinajstić information content (AvgIpc) is 2.30. The van der Waals surface area contributed by atoms with Gasteiger partial charge < -0.3 is 10.1 Å². The fraction of sp³-hybridized carbons (Fsp3) is 0.917. The molecule has 0 radical (unpaired) electrons. The van der Waals surface area contributed by atoms with Crippen molar-refractivity contribution in [3.8, 4) is 0 Å². The predicted molar refractivity (Wildman–Crippen MR) is 66.6 cm³/mol. The minimum atomic E-state index is 0.155. The number of nitrogens with one attached hydrogen (secondary N) is 1. The van der Waals surface area contributed by atoms with E-state index in [4.69, 9.17) is 4.74 Å². The molecule has 1 unspecified atom stereocenters. The molecule has 2 fully saturated rings. The van der Waals surface area contributed by atoms with Gasteiger partial charge in [-0.15, -0.1) is 11.8 Å². The average molecular weight is 243 g/mol. The summed E-state index contributed by atoms with van der Waals surface area (Å²) in [6.07, 6.45) is 6.78. The van der Waals surface area contributed by atoms with Crippen LogP contribution < -0.4 is 5.32 Å². The Hall–Kier alpha value is -0.220. The first-order valence-corrected chi connectivity index (χ1v) is 7.45. The van der Waals surface area contributed by atoms with E-state index in [1.54, 1.807) is 11.8 Å². The highest BCUT2D eigenvalue weighted by Gasteiger charge is 2.19. The number of amides is 1. The Balaban J connectivity index is 1.58. The summed E-state index contributed by atoms with van der Waals surface area (Å²) in [7, 11) is 0. The molecule has 1 aliphatic heterocycles. The van der Waals surface area contributed by atoms with E-state index in [1.165, 1.54) is 32.1 Å². The third-order valence-electron chi connectivity index (χ3n) is 3.31. The summed E-state index contributed by atoms with van der Waals surface area (Å²) in [6, 6.07) is 0.231. The van der Waals surface area contributed by atoms with Crippen molar-refractivity contribution >= 4 is 17.7 Å². The van der Waals surface area contributed by atoms with Gasteiger partial charge in [-0.1, -0.05) is 19.3 Å². The summed E-state index contributed by atoms with van der Waals surface area (Å²) < 4.78 is 5.73. The molecule has 2 rings (SSSR count). The maximum Gasteiger partial charge on any atom is 0.230 e. The molecule has 0 spiro atoms. The van der Waals surface area contributed by atoms with Gasteiger partial charge in [-0.25, -0.2) is 0 Å². The number of ether oxygens (including phenoxy) is 1. The Morgan fingerprint density at radius 2 is 2.06 bits per heavy atom. The summed E-state index contributed by atoms with van der Waals surface area (Å²) in [5.74, 6) is 2.53. The van der Waals surface area contributed by atoms with Gasteiger partial charge in [0.15, 0.2) is 0 Å². The Labute approximate surface area is 102 Å². The highest BCUT2D eigenvalue weighted by molar-refractivity contribution is 8.00. The van der Waals surface area contributed by atoms with Crippen LogP contribution in [0, 0.1) is 5.92 Å². The lowest BCUT2D eigenvalue weighted by molar-refractivity contribution is -0.119. The lowest BCUT2D eigenvalue weighted by Crippen LogP contribution is -2.45. The van der Waals surface area contributed by atoms with Gasteiger partial charge in [0.05, 0.1) is 18.4 Å². The van der Waals surface area contributed by atoms with Crippen LogP contribution in [0.25, 0.3) is 0 Å². The molecule has 1 atom stereocenters. The topological polar surface area (TPSA) is 38.3 Å². The highest BCUT2D eigenvalue weighted by Crippen LogP contribution is 2.23. The minimum absolute atomic E-state index is 0.155.